The number of hydrogen-bond acceptors (Lipinski definition) is 6. The van der Waals surface area contributed by atoms with Gasteiger partial charge in [-0.15, -0.1) is 5.10 Å². The summed E-state index contributed by atoms with van der Waals surface area (Å²) in [5, 5.41) is 23.3. The zero-order chi connectivity index (χ0) is 26.1. The maximum Gasteiger partial charge on any atom is 0.135 e. The van der Waals surface area contributed by atoms with Crippen LogP contribution in [0.4, 0.5) is 8.78 Å². The number of aryl methyl sites for hydroxylation is 1. The third-order valence-corrected chi connectivity index (χ3v) is 8.35. The van der Waals surface area contributed by atoms with Crippen LogP contribution in [-0.2, 0) is 12.0 Å². The summed E-state index contributed by atoms with van der Waals surface area (Å²) < 4.78 is 30.8. The predicted molar refractivity (Wildman–Crippen MR) is 134 cm³/mol. The number of aromatic nitrogens is 6. The first-order valence-corrected chi connectivity index (χ1v) is 12.5. The van der Waals surface area contributed by atoms with Crippen molar-refractivity contribution >= 4 is 0 Å². The second-order valence-corrected chi connectivity index (χ2v) is 10.8. The van der Waals surface area contributed by atoms with Gasteiger partial charge in [0.2, 0.25) is 0 Å². The number of benzene rings is 1. The number of nitrogens with zero attached hydrogens (tertiary/aromatic N) is 6. The normalized spacial score (nSPS) is 22.3. The van der Waals surface area contributed by atoms with Gasteiger partial charge in [-0.3, -0.25) is 9.67 Å². The minimum atomic E-state index is -0.657. The molecule has 3 heterocycles. The van der Waals surface area contributed by atoms with E-state index in [0.29, 0.717) is 17.9 Å². The van der Waals surface area contributed by atoms with Gasteiger partial charge in [-0.1, -0.05) is 19.9 Å². The standard InChI is InChI=1S/C28H28F2N6O/c1-15-10-21(35-36(15)14-16(2)37)23-12-31-13-24(32-23)28-9-8-18(27(28,3)4)17-11-22(33-34-26(17)28)25-19(29)6-5-7-20(25)30/h5-7,10-13,16,18,37H,8-9,14H2,1-4H3/t16?,18-,28-/m0/s1. The minimum Gasteiger partial charge on any atom is -0.391 e. The molecular formula is C28H28F2N6O. The zero-order valence-electron chi connectivity index (χ0n) is 21.2. The minimum absolute atomic E-state index is 0.143. The smallest absolute Gasteiger partial charge is 0.135 e. The molecule has 2 aliphatic carbocycles. The highest BCUT2D eigenvalue weighted by molar-refractivity contribution is 5.64. The Bertz CT molecular complexity index is 1510. The third-order valence-electron chi connectivity index (χ3n) is 8.35. The molecule has 1 saturated carbocycles. The molecule has 6 rings (SSSR count). The molecule has 2 aliphatic rings. The van der Waals surface area contributed by atoms with Crippen LogP contribution >= 0.6 is 0 Å². The molecule has 0 aliphatic heterocycles. The number of rotatable bonds is 5. The Hall–Kier alpha value is -3.59. The number of aliphatic hydroxyl groups excluding tert-OH is 1. The molecule has 3 aromatic heterocycles. The molecule has 37 heavy (non-hydrogen) atoms. The molecule has 9 heteroatoms. The molecular weight excluding hydrogens is 474 g/mol. The summed E-state index contributed by atoms with van der Waals surface area (Å²) in [6.45, 7) is 8.46. The average Bonchev–Trinajstić information content (AvgIpc) is 3.41. The Morgan fingerprint density at radius 1 is 1.08 bits per heavy atom. The molecule has 1 unspecified atom stereocenters. The fourth-order valence-corrected chi connectivity index (χ4v) is 6.52. The summed E-state index contributed by atoms with van der Waals surface area (Å²) in [5.41, 5.74) is 4.06. The Morgan fingerprint density at radius 3 is 2.57 bits per heavy atom. The molecule has 0 radical (unpaired) electrons. The summed E-state index contributed by atoms with van der Waals surface area (Å²) in [5.74, 6) is -1.17. The number of hydrogen-bond donors (Lipinski definition) is 1. The van der Waals surface area contributed by atoms with Crippen LogP contribution < -0.4 is 0 Å². The highest BCUT2D eigenvalue weighted by Crippen LogP contribution is 2.69. The van der Waals surface area contributed by atoms with Crippen LogP contribution in [-0.4, -0.2) is 41.2 Å². The van der Waals surface area contributed by atoms with E-state index in [9.17, 15) is 13.9 Å². The fourth-order valence-electron chi connectivity index (χ4n) is 6.52. The number of halogens is 2. The lowest BCUT2D eigenvalue weighted by Gasteiger charge is -2.37. The van der Waals surface area contributed by atoms with E-state index in [2.05, 4.69) is 34.1 Å². The van der Waals surface area contributed by atoms with Gasteiger partial charge < -0.3 is 5.11 Å². The van der Waals surface area contributed by atoms with Crippen LogP contribution in [0.3, 0.4) is 0 Å². The largest absolute Gasteiger partial charge is 0.391 e. The summed E-state index contributed by atoms with van der Waals surface area (Å²) in [4.78, 5) is 9.58. The molecule has 0 amide bonds. The van der Waals surface area contributed by atoms with Gasteiger partial charge in [0.05, 0.1) is 46.9 Å². The van der Waals surface area contributed by atoms with Crippen molar-refractivity contribution in [1.82, 2.24) is 29.9 Å². The third kappa shape index (κ3) is 3.36. The van der Waals surface area contributed by atoms with Crippen LogP contribution in [0.2, 0.25) is 0 Å². The van der Waals surface area contributed by atoms with Crippen molar-refractivity contribution in [3.8, 4) is 22.6 Å². The second-order valence-electron chi connectivity index (χ2n) is 10.8. The fraction of sp³-hybridized carbons (Fsp3) is 0.393. The van der Waals surface area contributed by atoms with E-state index in [1.165, 1.54) is 18.2 Å². The van der Waals surface area contributed by atoms with Gasteiger partial charge in [0.25, 0.3) is 0 Å². The highest BCUT2D eigenvalue weighted by Gasteiger charge is 2.65. The number of aliphatic hydroxyl groups is 1. The molecule has 1 fully saturated rings. The van der Waals surface area contributed by atoms with Crippen molar-refractivity contribution in [3.05, 3.63) is 77.0 Å². The Kier molecular flexibility index (Phi) is 5.28. The van der Waals surface area contributed by atoms with Crippen molar-refractivity contribution in [1.29, 1.82) is 0 Å². The average molecular weight is 503 g/mol. The van der Waals surface area contributed by atoms with Gasteiger partial charge in [0.15, 0.2) is 0 Å². The van der Waals surface area contributed by atoms with Crippen LogP contribution in [0.1, 0.15) is 62.2 Å². The first-order chi connectivity index (χ1) is 17.6. The molecule has 190 valence electrons. The van der Waals surface area contributed by atoms with E-state index < -0.39 is 23.2 Å². The molecule has 2 bridgehead atoms. The quantitative estimate of drug-likeness (QED) is 0.415. The lowest BCUT2D eigenvalue weighted by atomic mass is 9.66. The van der Waals surface area contributed by atoms with E-state index in [4.69, 9.17) is 4.98 Å². The van der Waals surface area contributed by atoms with Crippen LogP contribution in [0.25, 0.3) is 22.6 Å². The van der Waals surface area contributed by atoms with Crippen molar-refractivity contribution < 1.29 is 13.9 Å². The van der Waals surface area contributed by atoms with Gasteiger partial charge in [-0.25, -0.2) is 13.8 Å². The summed E-state index contributed by atoms with van der Waals surface area (Å²) in [7, 11) is 0. The van der Waals surface area contributed by atoms with Gasteiger partial charge in [0, 0.05) is 11.9 Å². The van der Waals surface area contributed by atoms with E-state index in [1.807, 2.05) is 13.0 Å². The lowest BCUT2D eigenvalue weighted by Crippen LogP contribution is -2.38. The summed E-state index contributed by atoms with van der Waals surface area (Å²) in [6.07, 6.45) is 4.69. The van der Waals surface area contributed by atoms with E-state index in [1.54, 1.807) is 30.1 Å². The summed E-state index contributed by atoms with van der Waals surface area (Å²) in [6, 6.07) is 7.55. The molecule has 4 aromatic rings. The highest BCUT2D eigenvalue weighted by atomic mass is 19.1. The molecule has 1 N–H and O–H groups in total. The lowest BCUT2D eigenvalue weighted by molar-refractivity contribution is 0.167. The van der Waals surface area contributed by atoms with Crippen LogP contribution in [0, 0.1) is 24.0 Å². The van der Waals surface area contributed by atoms with Crippen LogP contribution in [0.5, 0.6) is 0 Å². The Morgan fingerprint density at radius 2 is 1.84 bits per heavy atom. The van der Waals surface area contributed by atoms with Gasteiger partial charge in [0.1, 0.15) is 23.0 Å². The van der Waals surface area contributed by atoms with Gasteiger partial charge in [-0.2, -0.15) is 10.2 Å². The topological polar surface area (TPSA) is 89.6 Å². The maximum absolute atomic E-state index is 14.5. The van der Waals surface area contributed by atoms with Crippen LogP contribution in [0.15, 0.2) is 42.7 Å². The van der Waals surface area contributed by atoms with E-state index in [-0.39, 0.29) is 22.6 Å². The van der Waals surface area contributed by atoms with Crippen molar-refractivity contribution in [2.75, 3.05) is 0 Å². The summed E-state index contributed by atoms with van der Waals surface area (Å²) >= 11 is 0. The SMILES string of the molecule is Cc1cc(-c2cncc([C@@]34CC[C@@H](c5cc(-c6c(F)cccc6F)nnc53)C4(C)C)n2)nn1CC(C)O. The van der Waals surface area contributed by atoms with Crippen molar-refractivity contribution in [2.24, 2.45) is 5.41 Å². The predicted octanol–water partition coefficient (Wildman–Crippen LogP) is 4.97. The van der Waals surface area contributed by atoms with Crippen molar-refractivity contribution in [2.45, 2.75) is 64.5 Å². The molecule has 1 aromatic carbocycles. The monoisotopic (exact) mass is 502 g/mol. The Balaban J connectivity index is 1.47. The first-order valence-electron chi connectivity index (χ1n) is 12.5. The van der Waals surface area contributed by atoms with E-state index >= 15 is 0 Å². The first kappa shape index (κ1) is 23.8. The van der Waals surface area contributed by atoms with E-state index in [0.717, 1.165) is 35.5 Å². The zero-order valence-corrected chi connectivity index (χ0v) is 21.2. The van der Waals surface area contributed by atoms with Gasteiger partial charge in [-0.05, 0) is 67.9 Å². The molecule has 0 spiro atoms. The molecule has 7 nitrogen and oxygen atoms in total. The van der Waals surface area contributed by atoms with Gasteiger partial charge >= 0.3 is 0 Å². The number of fused-ring (bicyclic) bond motifs is 5. The maximum atomic E-state index is 14.5. The Labute approximate surface area is 213 Å². The molecule has 0 saturated heterocycles. The second kappa shape index (κ2) is 8.21. The molecule has 3 atom stereocenters. The van der Waals surface area contributed by atoms with Crippen molar-refractivity contribution in [3.63, 3.8) is 0 Å².